The average molecular weight is 445 g/mol. The molecule has 8 nitrogen and oxygen atoms in total. The number of pyridine rings is 2. The molecule has 4 heterocycles. The number of hydrogen-bond donors (Lipinski definition) is 1. The van der Waals surface area contributed by atoms with Gasteiger partial charge in [-0.2, -0.15) is 5.10 Å². The summed E-state index contributed by atoms with van der Waals surface area (Å²) in [6, 6.07) is 23.4. The number of anilines is 1. The molecule has 8 heteroatoms. The van der Waals surface area contributed by atoms with Crippen molar-refractivity contribution in [3.63, 3.8) is 0 Å². The Morgan fingerprint density at radius 2 is 1.71 bits per heavy atom. The van der Waals surface area contributed by atoms with Gasteiger partial charge in [0.25, 0.3) is 5.91 Å². The predicted molar refractivity (Wildman–Crippen MR) is 130 cm³/mol. The molecule has 0 bridgehead atoms. The zero-order chi connectivity index (χ0) is 22.9. The van der Waals surface area contributed by atoms with Crippen molar-refractivity contribution in [1.82, 2.24) is 29.3 Å². The molecule has 0 saturated carbocycles. The molecule has 0 aliphatic rings. The van der Waals surface area contributed by atoms with Gasteiger partial charge in [0.1, 0.15) is 12.1 Å². The molecular formula is C26H19N7O. The first-order valence-corrected chi connectivity index (χ1v) is 10.8. The Balaban J connectivity index is 1.19. The lowest BCUT2D eigenvalue weighted by Crippen LogP contribution is -2.13. The molecule has 1 N–H and O–H groups in total. The van der Waals surface area contributed by atoms with Crippen molar-refractivity contribution in [2.45, 2.75) is 6.54 Å². The number of amides is 1. The number of imidazole rings is 1. The Morgan fingerprint density at radius 1 is 0.853 bits per heavy atom. The molecule has 6 aromatic rings. The summed E-state index contributed by atoms with van der Waals surface area (Å²) in [4.78, 5) is 26.2. The van der Waals surface area contributed by atoms with Crippen LogP contribution in [0, 0.1) is 0 Å². The molecule has 0 radical (unpaired) electrons. The van der Waals surface area contributed by atoms with Gasteiger partial charge in [-0.3, -0.25) is 9.36 Å². The smallest absolute Gasteiger partial charge is 0.257 e. The van der Waals surface area contributed by atoms with E-state index in [4.69, 9.17) is 0 Å². The number of aromatic nitrogens is 6. The van der Waals surface area contributed by atoms with Crippen LogP contribution in [0.4, 0.5) is 5.69 Å². The van der Waals surface area contributed by atoms with Crippen molar-refractivity contribution >= 4 is 33.7 Å². The number of rotatable bonds is 5. The number of fused-ring (bicyclic) bond motifs is 2. The maximum Gasteiger partial charge on any atom is 0.257 e. The molecule has 6 rings (SSSR count). The zero-order valence-electron chi connectivity index (χ0n) is 18.0. The Labute approximate surface area is 194 Å². The lowest BCUT2D eigenvalue weighted by molar-refractivity contribution is 0.102. The van der Waals surface area contributed by atoms with E-state index in [1.807, 2.05) is 76.0 Å². The first-order valence-electron chi connectivity index (χ1n) is 10.8. The van der Waals surface area contributed by atoms with Gasteiger partial charge in [-0.25, -0.2) is 19.6 Å². The first kappa shape index (κ1) is 19.8. The molecule has 164 valence electrons. The van der Waals surface area contributed by atoms with Crippen LogP contribution in [0.25, 0.3) is 27.9 Å². The van der Waals surface area contributed by atoms with E-state index in [-0.39, 0.29) is 5.91 Å². The third-order valence-corrected chi connectivity index (χ3v) is 5.62. The number of hydrogen-bond acceptors (Lipinski definition) is 5. The van der Waals surface area contributed by atoms with Crippen LogP contribution in [-0.2, 0) is 6.54 Å². The highest BCUT2D eigenvalue weighted by Gasteiger charge is 2.12. The first-order chi connectivity index (χ1) is 16.7. The predicted octanol–water partition coefficient (Wildman–Crippen LogP) is 4.47. The number of para-hydroxylation sites is 2. The van der Waals surface area contributed by atoms with Gasteiger partial charge in [0.2, 0.25) is 0 Å². The molecule has 0 saturated heterocycles. The highest BCUT2D eigenvalue weighted by Crippen LogP contribution is 2.19. The lowest BCUT2D eigenvalue weighted by atomic mass is 10.2. The number of carbonyl (C=O) groups excluding carboxylic acids is 1. The summed E-state index contributed by atoms with van der Waals surface area (Å²) in [7, 11) is 0. The highest BCUT2D eigenvalue weighted by atomic mass is 16.1. The van der Waals surface area contributed by atoms with Gasteiger partial charge < -0.3 is 5.32 Å². The Morgan fingerprint density at radius 3 is 2.56 bits per heavy atom. The van der Waals surface area contributed by atoms with Crippen LogP contribution >= 0.6 is 0 Å². The van der Waals surface area contributed by atoms with Crippen LogP contribution < -0.4 is 5.32 Å². The van der Waals surface area contributed by atoms with E-state index in [1.165, 1.54) is 0 Å². The molecule has 0 atom stereocenters. The van der Waals surface area contributed by atoms with E-state index in [1.54, 1.807) is 31.0 Å². The van der Waals surface area contributed by atoms with Crippen LogP contribution in [0.2, 0.25) is 0 Å². The normalized spacial score (nSPS) is 11.2. The van der Waals surface area contributed by atoms with Gasteiger partial charge in [0, 0.05) is 11.6 Å². The van der Waals surface area contributed by atoms with E-state index in [9.17, 15) is 4.79 Å². The third-order valence-electron chi connectivity index (χ3n) is 5.62. The van der Waals surface area contributed by atoms with Crippen LogP contribution in [0.5, 0.6) is 0 Å². The zero-order valence-corrected chi connectivity index (χ0v) is 18.0. The number of nitrogens with zero attached hydrogens (tertiary/aromatic N) is 6. The second kappa shape index (κ2) is 8.25. The lowest BCUT2D eigenvalue weighted by Gasteiger charge is -2.08. The van der Waals surface area contributed by atoms with Gasteiger partial charge >= 0.3 is 0 Å². The van der Waals surface area contributed by atoms with Crippen LogP contribution in [0.1, 0.15) is 15.9 Å². The van der Waals surface area contributed by atoms with Crippen molar-refractivity contribution in [1.29, 1.82) is 0 Å². The van der Waals surface area contributed by atoms with Crippen molar-refractivity contribution in [3.05, 3.63) is 109 Å². The second-order valence-electron chi connectivity index (χ2n) is 7.89. The highest BCUT2D eigenvalue weighted by molar-refractivity contribution is 6.05. The van der Waals surface area contributed by atoms with Crippen LogP contribution in [-0.4, -0.2) is 35.2 Å². The molecule has 0 spiro atoms. The van der Waals surface area contributed by atoms with Crippen molar-refractivity contribution < 1.29 is 4.79 Å². The summed E-state index contributed by atoms with van der Waals surface area (Å²) < 4.78 is 3.74. The number of nitrogens with one attached hydrogen (secondary N) is 1. The summed E-state index contributed by atoms with van der Waals surface area (Å²) in [5.74, 6) is 0.466. The minimum atomic E-state index is -0.257. The molecule has 0 unspecified atom stereocenters. The Hall–Kier alpha value is -4.85. The minimum absolute atomic E-state index is 0.257. The topological polar surface area (TPSA) is 90.5 Å². The summed E-state index contributed by atoms with van der Waals surface area (Å²) in [6.45, 7) is 0.618. The molecule has 1 amide bonds. The molecule has 2 aromatic carbocycles. The summed E-state index contributed by atoms with van der Waals surface area (Å²) in [5.41, 5.74) is 4.79. The monoisotopic (exact) mass is 445 g/mol. The van der Waals surface area contributed by atoms with Crippen LogP contribution in [0.3, 0.4) is 0 Å². The van der Waals surface area contributed by atoms with Gasteiger partial charge in [-0.1, -0.05) is 42.5 Å². The molecule has 34 heavy (non-hydrogen) atoms. The SMILES string of the molecule is O=C(Nc1ccc(-n2cnc3ccccc32)nc1)c1cnc2c(cnn2Cc2ccccc2)c1. The minimum Gasteiger partial charge on any atom is -0.321 e. The number of benzene rings is 2. The maximum atomic E-state index is 12.8. The van der Waals surface area contributed by atoms with Gasteiger partial charge in [-0.15, -0.1) is 0 Å². The Kier molecular flexibility index (Phi) is 4.81. The van der Waals surface area contributed by atoms with Crippen LogP contribution in [0.15, 0.2) is 97.7 Å². The fourth-order valence-corrected chi connectivity index (χ4v) is 3.92. The van der Waals surface area contributed by atoms with Gasteiger partial charge in [0.15, 0.2) is 5.65 Å². The maximum absolute atomic E-state index is 12.8. The van der Waals surface area contributed by atoms with Gasteiger partial charge in [-0.05, 0) is 35.9 Å². The fourth-order valence-electron chi connectivity index (χ4n) is 3.92. The molecule has 0 fully saturated rings. The summed E-state index contributed by atoms with van der Waals surface area (Å²) in [5, 5.41) is 8.13. The molecule has 0 aliphatic heterocycles. The standard InChI is InChI=1S/C26H19N7O/c34-26(20-12-19-14-30-33(25(19)28-13-20)16-18-6-2-1-3-7-18)31-21-10-11-24(27-15-21)32-17-29-22-8-4-5-9-23(22)32/h1-15,17H,16H2,(H,31,34). The summed E-state index contributed by atoms with van der Waals surface area (Å²) >= 11 is 0. The molecule has 4 aromatic heterocycles. The van der Waals surface area contributed by atoms with Crippen molar-refractivity contribution in [2.24, 2.45) is 0 Å². The van der Waals surface area contributed by atoms with Crippen molar-refractivity contribution in [2.75, 3.05) is 5.32 Å². The average Bonchev–Trinajstić information content (AvgIpc) is 3.49. The van der Waals surface area contributed by atoms with E-state index >= 15 is 0 Å². The van der Waals surface area contributed by atoms with E-state index < -0.39 is 0 Å². The van der Waals surface area contributed by atoms with Crippen molar-refractivity contribution in [3.8, 4) is 5.82 Å². The quantitative estimate of drug-likeness (QED) is 0.423. The summed E-state index contributed by atoms with van der Waals surface area (Å²) in [6.07, 6.45) is 6.67. The Bertz CT molecular complexity index is 1620. The van der Waals surface area contributed by atoms with E-state index in [2.05, 4.69) is 25.4 Å². The van der Waals surface area contributed by atoms with E-state index in [0.29, 0.717) is 17.8 Å². The molecular weight excluding hydrogens is 426 g/mol. The fraction of sp³-hybridized carbons (Fsp3) is 0.0385. The largest absolute Gasteiger partial charge is 0.321 e. The molecule has 0 aliphatic carbocycles. The third kappa shape index (κ3) is 3.67. The van der Waals surface area contributed by atoms with Gasteiger partial charge in [0.05, 0.1) is 41.2 Å². The van der Waals surface area contributed by atoms with E-state index in [0.717, 1.165) is 33.4 Å². The second-order valence-corrected chi connectivity index (χ2v) is 7.89. The number of carbonyl (C=O) groups is 1.